The van der Waals surface area contributed by atoms with Crippen LogP contribution in [0.3, 0.4) is 0 Å². The van der Waals surface area contributed by atoms with Gasteiger partial charge in [0.2, 0.25) is 0 Å². The Balaban J connectivity index is 1.67. The van der Waals surface area contributed by atoms with Crippen molar-refractivity contribution in [3.8, 4) is 0 Å². The van der Waals surface area contributed by atoms with Crippen molar-refractivity contribution >= 4 is 5.96 Å². The molecule has 2 saturated heterocycles. The molecule has 0 radical (unpaired) electrons. The molecule has 0 aromatic heterocycles. The standard InChI is InChI=1S/C10H18N4/c1-2-8-6-14(7-9(8)11-3-1)10-12-4-5-13-10/h8-9,11H,1-7H2,(H,12,13)/t8-,9+/m0/s1. The van der Waals surface area contributed by atoms with Crippen LogP contribution in [0, 0.1) is 5.92 Å². The Bertz CT molecular complexity index is 237. The van der Waals surface area contributed by atoms with Crippen LogP contribution in [0.1, 0.15) is 12.8 Å². The van der Waals surface area contributed by atoms with Crippen molar-refractivity contribution in [1.82, 2.24) is 15.5 Å². The van der Waals surface area contributed by atoms with Crippen LogP contribution in [0.15, 0.2) is 4.99 Å². The van der Waals surface area contributed by atoms with Gasteiger partial charge < -0.3 is 15.5 Å². The van der Waals surface area contributed by atoms with Gasteiger partial charge in [-0.3, -0.25) is 4.99 Å². The van der Waals surface area contributed by atoms with Gasteiger partial charge in [-0.25, -0.2) is 0 Å². The highest BCUT2D eigenvalue weighted by atomic mass is 15.3. The van der Waals surface area contributed by atoms with Crippen LogP contribution in [-0.2, 0) is 0 Å². The van der Waals surface area contributed by atoms with Gasteiger partial charge in [0.1, 0.15) is 0 Å². The minimum absolute atomic E-state index is 0.717. The van der Waals surface area contributed by atoms with Crippen molar-refractivity contribution in [3.63, 3.8) is 0 Å². The van der Waals surface area contributed by atoms with Crippen molar-refractivity contribution in [1.29, 1.82) is 0 Å². The maximum Gasteiger partial charge on any atom is 0.194 e. The number of likely N-dealkylation sites (tertiary alicyclic amines) is 1. The second kappa shape index (κ2) is 3.42. The zero-order valence-corrected chi connectivity index (χ0v) is 8.50. The van der Waals surface area contributed by atoms with E-state index in [9.17, 15) is 0 Å². The topological polar surface area (TPSA) is 39.7 Å². The Morgan fingerprint density at radius 2 is 2.29 bits per heavy atom. The molecular formula is C10H18N4. The molecule has 0 aliphatic carbocycles. The van der Waals surface area contributed by atoms with Crippen molar-refractivity contribution in [2.45, 2.75) is 18.9 Å². The molecule has 2 N–H and O–H groups in total. The van der Waals surface area contributed by atoms with E-state index in [0.29, 0.717) is 6.04 Å². The minimum Gasteiger partial charge on any atom is -0.354 e. The highest BCUT2D eigenvalue weighted by molar-refractivity contribution is 5.81. The van der Waals surface area contributed by atoms with Gasteiger partial charge in [-0.15, -0.1) is 0 Å². The molecule has 14 heavy (non-hydrogen) atoms. The Hall–Kier alpha value is -0.770. The lowest BCUT2D eigenvalue weighted by molar-refractivity contribution is 0.339. The molecule has 2 fully saturated rings. The third kappa shape index (κ3) is 1.38. The van der Waals surface area contributed by atoms with Gasteiger partial charge in [0.25, 0.3) is 0 Å². The summed E-state index contributed by atoms with van der Waals surface area (Å²) in [6.45, 7) is 5.53. The van der Waals surface area contributed by atoms with Crippen LogP contribution in [-0.4, -0.2) is 49.6 Å². The van der Waals surface area contributed by atoms with E-state index >= 15 is 0 Å². The molecule has 3 aliphatic heterocycles. The zero-order valence-electron chi connectivity index (χ0n) is 8.50. The van der Waals surface area contributed by atoms with Crippen LogP contribution in [0.4, 0.5) is 0 Å². The van der Waals surface area contributed by atoms with Crippen LogP contribution in [0.25, 0.3) is 0 Å². The first kappa shape index (κ1) is 8.53. The number of hydrogen-bond donors (Lipinski definition) is 2. The highest BCUT2D eigenvalue weighted by Gasteiger charge is 2.35. The van der Waals surface area contributed by atoms with Crippen LogP contribution < -0.4 is 10.6 Å². The summed E-state index contributed by atoms with van der Waals surface area (Å²) >= 11 is 0. The van der Waals surface area contributed by atoms with Gasteiger partial charge >= 0.3 is 0 Å². The quantitative estimate of drug-likeness (QED) is 0.553. The maximum absolute atomic E-state index is 4.48. The SMILES string of the molecule is C1CN[C@@H]2CN(C3=NCCN3)C[C@@H]2C1. The second-order valence-corrected chi connectivity index (χ2v) is 4.50. The fraction of sp³-hybridized carbons (Fsp3) is 0.900. The van der Waals surface area contributed by atoms with Gasteiger partial charge in [-0.2, -0.15) is 0 Å². The molecule has 3 heterocycles. The molecule has 78 valence electrons. The van der Waals surface area contributed by atoms with Crippen molar-refractivity contribution in [3.05, 3.63) is 0 Å². The van der Waals surface area contributed by atoms with Gasteiger partial charge in [0.05, 0.1) is 6.54 Å². The smallest absolute Gasteiger partial charge is 0.194 e. The molecule has 0 unspecified atom stereocenters. The Kier molecular flexibility index (Phi) is 2.09. The van der Waals surface area contributed by atoms with Crippen LogP contribution >= 0.6 is 0 Å². The predicted octanol–water partition coefficient (Wildman–Crippen LogP) is -0.371. The largest absolute Gasteiger partial charge is 0.354 e. The summed E-state index contributed by atoms with van der Waals surface area (Å²) in [6, 6.07) is 0.717. The summed E-state index contributed by atoms with van der Waals surface area (Å²) in [5.41, 5.74) is 0. The molecule has 3 rings (SSSR count). The second-order valence-electron chi connectivity index (χ2n) is 4.50. The van der Waals surface area contributed by atoms with Crippen LogP contribution in [0.2, 0.25) is 0 Å². The van der Waals surface area contributed by atoms with E-state index in [1.165, 1.54) is 25.9 Å². The molecule has 0 aromatic rings. The van der Waals surface area contributed by atoms with Crippen molar-refractivity contribution < 1.29 is 0 Å². The predicted molar refractivity (Wildman–Crippen MR) is 56.4 cm³/mol. The van der Waals surface area contributed by atoms with E-state index in [4.69, 9.17) is 0 Å². The summed E-state index contributed by atoms with van der Waals surface area (Å²) in [5, 5.41) is 6.97. The average Bonchev–Trinajstić information content (AvgIpc) is 2.86. The van der Waals surface area contributed by atoms with E-state index in [-0.39, 0.29) is 0 Å². The van der Waals surface area contributed by atoms with E-state index in [2.05, 4.69) is 20.5 Å². The van der Waals surface area contributed by atoms with E-state index in [0.717, 1.165) is 31.5 Å². The Labute approximate surface area is 84.8 Å². The minimum atomic E-state index is 0.717. The van der Waals surface area contributed by atoms with E-state index in [1.54, 1.807) is 0 Å². The normalized spacial score (nSPS) is 36.6. The summed E-state index contributed by atoms with van der Waals surface area (Å²) in [4.78, 5) is 6.90. The van der Waals surface area contributed by atoms with Crippen molar-refractivity contribution in [2.24, 2.45) is 10.9 Å². The van der Waals surface area contributed by atoms with Gasteiger partial charge in [-0.1, -0.05) is 0 Å². The van der Waals surface area contributed by atoms with E-state index < -0.39 is 0 Å². The summed E-state index contributed by atoms with van der Waals surface area (Å²) in [6.07, 6.45) is 2.73. The monoisotopic (exact) mass is 194 g/mol. The number of aliphatic imine (C=N–C) groups is 1. The molecule has 2 atom stereocenters. The van der Waals surface area contributed by atoms with Crippen molar-refractivity contribution in [2.75, 3.05) is 32.7 Å². The molecular weight excluding hydrogens is 176 g/mol. The summed E-state index contributed by atoms with van der Waals surface area (Å²) < 4.78 is 0. The Morgan fingerprint density at radius 1 is 1.29 bits per heavy atom. The van der Waals surface area contributed by atoms with Gasteiger partial charge in [-0.05, 0) is 25.3 Å². The highest BCUT2D eigenvalue weighted by Crippen LogP contribution is 2.24. The molecule has 4 heteroatoms. The number of guanidine groups is 1. The number of hydrogen-bond acceptors (Lipinski definition) is 4. The first-order chi connectivity index (χ1) is 6.93. The lowest BCUT2D eigenvalue weighted by Gasteiger charge is -2.24. The first-order valence-electron chi connectivity index (χ1n) is 5.70. The summed E-state index contributed by atoms with van der Waals surface area (Å²) in [5.74, 6) is 2.00. The molecule has 0 saturated carbocycles. The molecule has 0 bridgehead atoms. The fourth-order valence-electron chi connectivity index (χ4n) is 2.82. The third-order valence-electron chi connectivity index (χ3n) is 3.56. The van der Waals surface area contributed by atoms with E-state index in [1.807, 2.05) is 0 Å². The molecule has 4 nitrogen and oxygen atoms in total. The number of rotatable bonds is 0. The molecule has 3 aliphatic rings. The molecule has 0 aromatic carbocycles. The lowest BCUT2D eigenvalue weighted by Crippen LogP contribution is -2.42. The molecule has 0 amide bonds. The maximum atomic E-state index is 4.48. The lowest BCUT2D eigenvalue weighted by atomic mass is 9.94. The average molecular weight is 194 g/mol. The number of nitrogens with zero attached hydrogens (tertiary/aromatic N) is 2. The van der Waals surface area contributed by atoms with Gasteiger partial charge in [0.15, 0.2) is 5.96 Å². The zero-order chi connectivity index (χ0) is 9.38. The Morgan fingerprint density at radius 3 is 3.07 bits per heavy atom. The number of piperidine rings is 1. The summed E-state index contributed by atoms with van der Waals surface area (Å²) in [7, 11) is 0. The molecule has 0 spiro atoms. The third-order valence-corrected chi connectivity index (χ3v) is 3.56. The van der Waals surface area contributed by atoms with Gasteiger partial charge in [0, 0.05) is 25.7 Å². The first-order valence-corrected chi connectivity index (χ1v) is 5.70. The number of fused-ring (bicyclic) bond motifs is 1. The number of nitrogens with one attached hydrogen (secondary N) is 2. The van der Waals surface area contributed by atoms with Crippen LogP contribution in [0.5, 0.6) is 0 Å². The fourth-order valence-corrected chi connectivity index (χ4v) is 2.82.